The number of sulfonamides is 1. The van der Waals surface area contributed by atoms with Crippen LogP contribution in [0.3, 0.4) is 0 Å². The van der Waals surface area contributed by atoms with Crippen LogP contribution in [0.2, 0.25) is 0 Å². The first kappa shape index (κ1) is 15.4. The lowest BCUT2D eigenvalue weighted by molar-refractivity contribution is 0.149. The summed E-state index contributed by atoms with van der Waals surface area (Å²) in [7, 11) is -0.672. The minimum atomic E-state index is -3.68. The molecule has 18 heavy (non-hydrogen) atoms. The van der Waals surface area contributed by atoms with Gasteiger partial charge in [0.1, 0.15) is 10.7 Å². The van der Waals surface area contributed by atoms with Crippen LogP contribution in [-0.2, 0) is 14.8 Å². The Kier molecular flexibility index (Phi) is 5.09. The smallest absolute Gasteiger partial charge is 0.246 e. The van der Waals surface area contributed by atoms with Gasteiger partial charge in [-0.2, -0.15) is 4.31 Å². The summed E-state index contributed by atoms with van der Waals surface area (Å²) < 4.78 is 31.4. The summed E-state index contributed by atoms with van der Waals surface area (Å²) in [5.41, 5.74) is 5.62. The van der Waals surface area contributed by atoms with Crippen molar-refractivity contribution in [3.63, 3.8) is 0 Å². The second-order valence-corrected chi connectivity index (χ2v) is 6.74. The molecule has 6 nitrogen and oxygen atoms in total. The maximum absolute atomic E-state index is 12.4. The van der Waals surface area contributed by atoms with Gasteiger partial charge in [0.25, 0.3) is 0 Å². The number of methoxy groups -OCH3 is 1. The van der Waals surface area contributed by atoms with E-state index in [9.17, 15) is 8.42 Å². The summed E-state index contributed by atoms with van der Waals surface area (Å²) in [4.78, 5) is 3.81. The van der Waals surface area contributed by atoms with E-state index in [1.807, 2.05) is 0 Å². The van der Waals surface area contributed by atoms with Gasteiger partial charge in [-0.25, -0.2) is 13.4 Å². The molecule has 1 aromatic rings. The Balaban J connectivity index is 3.17. The van der Waals surface area contributed by atoms with Crippen molar-refractivity contribution in [3.05, 3.63) is 16.7 Å². The lowest BCUT2D eigenvalue weighted by Crippen LogP contribution is -2.38. The lowest BCUT2D eigenvalue weighted by Gasteiger charge is -2.24. The second-order valence-electron chi connectivity index (χ2n) is 3.86. The summed E-state index contributed by atoms with van der Waals surface area (Å²) in [5.74, 6) is -0.0188. The van der Waals surface area contributed by atoms with E-state index in [0.29, 0.717) is 11.1 Å². The van der Waals surface area contributed by atoms with Crippen LogP contribution in [0.4, 0.5) is 5.82 Å². The van der Waals surface area contributed by atoms with Crippen LogP contribution in [-0.4, -0.2) is 44.5 Å². The molecule has 0 aliphatic rings. The molecule has 8 heteroatoms. The van der Waals surface area contributed by atoms with Crippen LogP contribution in [0, 0.1) is 0 Å². The number of nitrogens with two attached hydrogens (primary N) is 1. The average Bonchev–Trinajstić information content (AvgIpc) is 2.31. The summed E-state index contributed by atoms with van der Waals surface area (Å²) in [6.07, 6.45) is 1.45. The van der Waals surface area contributed by atoms with E-state index in [-0.39, 0.29) is 16.8 Å². The number of ether oxygens (including phenoxy) is 1. The molecule has 1 aromatic heterocycles. The lowest BCUT2D eigenvalue weighted by atomic mass is 10.4. The number of nitrogens with zero attached hydrogens (tertiary/aromatic N) is 2. The van der Waals surface area contributed by atoms with Gasteiger partial charge in [0.15, 0.2) is 0 Å². The van der Waals surface area contributed by atoms with Gasteiger partial charge in [0.05, 0.1) is 6.61 Å². The zero-order chi connectivity index (χ0) is 13.9. The monoisotopic (exact) mass is 337 g/mol. The summed E-state index contributed by atoms with van der Waals surface area (Å²) in [6, 6.07) is 1.15. The van der Waals surface area contributed by atoms with Crippen LogP contribution in [0.1, 0.15) is 6.92 Å². The van der Waals surface area contributed by atoms with Crippen molar-refractivity contribution in [3.8, 4) is 0 Å². The molecule has 0 saturated heterocycles. The van der Waals surface area contributed by atoms with Crippen molar-refractivity contribution in [2.75, 3.05) is 26.5 Å². The number of halogens is 1. The van der Waals surface area contributed by atoms with Crippen molar-refractivity contribution in [2.24, 2.45) is 0 Å². The molecule has 0 saturated carbocycles. The van der Waals surface area contributed by atoms with Gasteiger partial charge in [0, 0.05) is 30.9 Å². The Morgan fingerprint density at radius 2 is 2.22 bits per heavy atom. The van der Waals surface area contributed by atoms with E-state index < -0.39 is 10.0 Å². The van der Waals surface area contributed by atoms with E-state index in [4.69, 9.17) is 10.5 Å². The van der Waals surface area contributed by atoms with Crippen LogP contribution >= 0.6 is 15.9 Å². The fourth-order valence-corrected chi connectivity index (χ4v) is 3.30. The van der Waals surface area contributed by atoms with E-state index in [0.717, 1.165) is 0 Å². The van der Waals surface area contributed by atoms with E-state index in [2.05, 4.69) is 20.9 Å². The Hall–Kier alpha value is -0.700. The number of aromatic nitrogens is 1. The molecule has 0 bridgehead atoms. The van der Waals surface area contributed by atoms with Crippen molar-refractivity contribution in [1.82, 2.24) is 9.29 Å². The van der Waals surface area contributed by atoms with Crippen molar-refractivity contribution >= 4 is 31.8 Å². The summed E-state index contributed by atoms with van der Waals surface area (Å²) >= 11 is 3.18. The highest BCUT2D eigenvalue weighted by Gasteiger charge is 2.28. The number of likely N-dealkylation sites (N-methyl/N-ethyl adjacent to an activating group) is 1. The molecule has 0 radical (unpaired) electrons. The number of rotatable bonds is 5. The highest BCUT2D eigenvalue weighted by Crippen LogP contribution is 2.24. The Morgan fingerprint density at radius 3 is 2.78 bits per heavy atom. The standard InChI is InChI=1S/C10H16BrN3O3S/c1-7(6-17-3)14(2)18(15,16)9-4-8(11)5-13-10(9)12/h4-5,7H,6H2,1-3H3,(H2,12,13). The quantitative estimate of drug-likeness (QED) is 0.868. The first-order chi connectivity index (χ1) is 8.30. The van der Waals surface area contributed by atoms with Crippen molar-refractivity contribution in [1.29, 1.82) is 0 Å². The van der Waals surface area contributed by atoms with Crippen molar-refractivity contribution in [2.45, 2.75) is 17.9 Å². The van der Waals surface area contributed by atoms with Gasteiger partial charge < -0.3 is 10.5 Å². The molecule has 0 spiro atoms. The third-order valence-electron chi connectivity index (χ3n) is 2.53. The summed E-state index contributed by atoms with van der Waals surface area (Å²) in [5, 5.41) is 0. The molecule has 0 aliphatic carbocycles. The minimum Gasteiger partial charge on any atom is -0.383 e. The van der Waals surface area contributed by atoms with E-state index >= 15 is 0 Å². The third kappa shape index (κ3) is 3.19. The van der Waals surface area contributed by atoms with Gasteiger partial charge in [-0.05, 0) is 28.9 Å². The predicted molar refractivity (Wildman–Crippen MR) is 72.6 cm³/mol. The fraction of sp³-hybridized carbons (Fsp3) is 0.500. The van der Waals surface area contributed by atoms with Gasteiger partial charge in [-0.15, -0.1) is 0 Å². The number of nitrogen functional groups attached to an aromatic ring is 1. The molecule has 1 atom stereocenters. The highest BCUT2D eigenvalue weighted by atomic mass is 79.9. The number of anilines is 1. The predicted octanol–water partition coefficient (Wildman–Crippen LogP) is 1.08. The molecule has 0 fully saturated rings. The minimum absolute atomic E-state index is 0.0117. The Morgan fingerprint density at radius 1 is 1.61 bits per heavy atom. The first-order valence-electron chi connectivity index (χ1n) is 5.18. The van der Waals surface area contributed by atoms with E-state index in [1.165, 1.54) is 30.7 Å². The van der Waals surface area contributed by atoms with Gasteiger partial charge in [0.2, 0.25) is 10.0 Å². The van der Waals surface area contributed by atoms with Crippen LogP contribution in [0.25, 0.3) is 0 Å². The summed E-state index contributed by atoms with van der Waals surface area (Å²) in [6.45, 7) is 2.06. The Bertz CT molecular complexity index is 521. The molecule has 1 heterocycles. The van der Waals surface area contributed by atoms with Crippen LogP contribution in [0.5, 0.6) is 0 Å². The average molecular weight is 338 g/mol. The molecule has 1 unspecified atom stereocenters. The number of hydrogen-bond acceptors (Lipinski definition) is 5. The van der Waals surface area contributed by atoms with Crippen molar-refractivity contribution < 1.29 is 13.2 Å². The van der Waals surface area contributed by atoms with E-state index in [1.54, 1.807) is 6.92 Å². The maximum atomic E-state index is 12.4. The van der Waals surface area contributed by atoms with Gasteiger partial charge >= 0.3 is 0 Å². The normalized spacial score (nSPS) is 13.8. The van der Waals surface area contributed by atoms with Crippen LogP contribution in [0.15, 0.2) is 21.6 Å². The molecular formula is C10H16BrN3O3S. The molecule has 1 rings (SSSR count). The topological polar surface area (TPSA) is 85.5 Å². The fourth-order valence-electron chi connectivity index (χ4n) is 1.38. The highest BCUT2D eigenvalue weighted by molar-refractivity contribution is 9.10. The molecule has 0 aromatic carbocycles. The number of pyridine rings is 1. The van der Waals surface area contributed by atoms with Crippen LogP contribution < -0.4 is 5.73 Å². The third-order valence-corrected chi connectivity index (χ3v) is 4.97. The molecular weight excluding hydrogens is 322 g/mol. The molecule has 2 N–H and O–H groups in total. The van der Waals surface area contributed by atoms with Gasteiger partial charge in [-0.1, -0.05) is 0 Å². The largest absolute Gasteiger partial charge is 0.383 e. The van der Waals surface area contributed by atoms with Gasteiger partial charge in [-0.3, -0.25) is 0 Å². The maximum Gasteiger partial charge on any atom is 0.246 e. The zero-order valence-corrected chi connectivity index (χ0v) is 12.8. The SMILES string of the molecule is COCC(C)N(C)S(=O)(=O)c1cc(Br)cnc1N. The molecule has 102 valence electrons. The first-order valence-corrected chi connectivity index (χ1v) is 7.42. The number of hydrogen-bond donors (Lipinski definition) is 1. The Labute approximate surface area is 115 Å². The second kappa shape index (κ2) is 5.96. The zero-order valence-electron chi connectivity index (χ0n) is 10.4. The molecule has 0 amide bonds. The molecule has 0 aliphatic heterocycles.